The number of ether oxygens (including phenoxy) is 1. The molecule has 0 radical (unpaired) electrons. The SMILES string of the molecule is CC(C)(C)C[C@@H]1N[C@H](C(=O)OC(=O)C(F)(F)F)[C@@H](c2cccc(Cl)c2)[C@]1(C#N)c1ccc(Cl)cc1. The van der Waals surface area contributed by atoms with Crippen LogP contribution in [0.3, 0.4) is 0 Å². The molecule has 0 unspecified atom stereocenters. The monoisotopic (exact) mass is 526 g/mol. The molecular formula is C25H23Cl2F3N2O3. The Labute approximate surface area is 211 Å². The van der Waals surface area contributed by atoms with Gasteiger partial charge in [-0.3, -0.25) is 5.32 Å². The van der Waals surface area contributed by atoms with Crippen LogP contribution in [0.15, 0.2) is 48.5 Å². The molecule has 5 nitrogen and oxygen atoms in total. The van der Waals surface area contributed by atoms with Gasteiger partial charge in [-0.05, 0) is 47.2 Å². The lowest BCUT2D eigenvalue weighted by Crippen LogP contribution is -2.44. The molecule has 0 aliphatic carbocycles. The molecule has 0 bridgehead atoms. The zero-order chi connectivity index (χ0) is 26.2. The highest BCUT2D eigenvalue weighted by molar-refractivity contribution is 6.30. The van der Waals surface area contributed by atoms with Gasteiger partial charge in [-0.1, -0.05) is 68.2 Å². The van der Waals surface area contributed by atoms with E-state index in [0.29, 0.717) is 27.6 Å². The number of halogens is 5. The lowest BCUT2D eigenvalue weighted by atomic mass is 9.63. The molecule has 1 N–H and O–H groups in total. The van der Waals surface area contributed by atoms with E-state index in [2.05, 4.69) is 16.1 Å². The van der Waals surface area contributed by atoms with Crippen molar-refractivity contribution in [1.29, 1.82) is 5.26 Å². The van der Waals surface area contributed by atoms with Crippen LogP contribution < -0.4 is 5.32 Å². The van der Waals surface area contributed by atoms with Crippen LogP contribution in [0.4, 0.5) is 13.2 Å². The predicted molar refractivity (Wildman–Crippen MR) is 125 cm³/mol. The first-order valence-corrected chi connectivity index (χ1v) is 11.5. The maximum atomic E-state index is 13.0. The van der Waals surface area contributed by atoms with Crippen molar-refractivity contribution in [1.82, 2.24) is 5.32 Å². The average molecular weight is 527 g/mol. The van der Waals surface area contributed by atoms with Crippen LogP contribution in [0, 0.1) is 16.7 Å². The van der Waals surface area contributed by atoms with Gasteiger partial charge in [0.1, 0.15) is 11.5 Å². The number of nitrogens with zero attached hydrogens (tertiary/aromatic N) is 1. The minimum absolute atomic E-state index is 0.309. The van der Waals surface area contributed by atoms with Crippen molar-refractivity contribution in [3.05, 3.63) is 69.7 Å². The van der Waals surface area contributed by atoms with E-state index < -0.39 is 41.5 Å². The summed E-state index contributed by atoms with van der Waals surface area (Å²) in [5, 5.41) is 14.4. The van der Waals surface area contributed by atoms with Gasteiger partial charge in [0.25, 0.3) is 0 Å². The molecule has 35 heavy (non-hydrogen) atoms. The van der Waals surface area contributed by atoms with Gasteiger partial charge in [-0.2, -0.15) is 18.4 Å². The number of hydrogen-bond acceptors (Lipinski definition) is 5. The molecule has 0 aromatic heterocycles. The number of esters is 2. The van der Waals surface area contributed by atoms with Crippen LogP contribution in [-0.4, -0.2) is 30.2 Å². The first kappa shape index (κ1) is 27.0. The largest absolute Gasteiger partial charge is 0.491 e. The van der Waals surface area contributed by atoms with E-state index >= 15 is 0 Å². The molecule has 4 atom stereocenters. The Morgan fingerprint density at radius 3 is 2.23 bits per heavy atom. The molecule has 0 saturated carbocycles. The number of nitrogens with one attached hydrogen (secondary N) is 1. The summed E-state index contributed by atoms with van der Waals surface area (Å²) < 4.78 is 42.8. The molecule has 1 fully saturated rings. The van der Waals surface area contributed by atoms with Crippen molar-refractivity contribution in [2.75, 3.05) is 0 Å². The molecule has 1 heterocycles. The highest BCUT2D eigenvalue weighted by Crippen LogP contribution is 2.51. The van der Waals surface area contributed by atoms with E-state index in [4.69, 9.17) is 23.2 Å². The molecule has 2 aromatic rings. The normalized spacial score (nSPS) is 24.6. The van der Waals surface area contributed by atoms with Crippen LogP contribution in [0.5, 0.6) is 0 Å². The van der Waals surface area contributed by atoms with Crippen molar-refractivity contribution in [3.8, 4) is 6.07 Å². The third-order valence-electron chi connectivity index (χ3n) is 5.96. The Morgan fingerprint density at radius 2 is 1.71 bits per heavy atom. The van der Waals surface area contributed by atoms with Gasteiger partial charge in [0.2, 0.25) is 0 Å². The van der Waals surface area contributed by atoms with E-state index in [-0.39, 0.29) is 5.41 Å². The second-order valence-corrected chi connectivity index (χ2v) is 10.6. The molecule has 2 aromatic carbocycles. The number of alkyl halides is 3. The highest BCUT2D eigenvalue weighted by Gasteiger charge is 2.60. The lowest BCUT2D eigenvalue weighted by molar-refractivity contribution is -0.202. The topological polar surface area (TPSA) is 79.2 Å². The van der Waals surface area contributed by atoms with Gasteiger partial charge < -0.3 is 4.74 Å². The molecule has 3 rings (SSSR count). The molecule has 1 aliphatic heterocycles. The first-order chi connectivity index (χ1) is 16.2. The van der Waals surface area contributed by atoms with Crippen molar-refractivity contribution >= 4 is 35.1 Å². The van der Waals surface area contributed by atoms with Gasteiger partial charge >= 0.3 is 18.1 Å². The van der Waals surface area contributed by atoms with Crippen molar-refractivity contribution < 1.29 is 27.5 Å². The van der Waals surface area contributed by atoms with E-state index in [1.807, 2.05) is 20.8 Å². The Kier molecular flexibility index (Phi) is 7.56. The van der Waals surface area contributed by atoms with Crippen LogP contribution >= 0.6 is 23.2 Å². The summed E-state index contributed by atoms with van der Waals surface area (Å²) in [6.45, 7) is 5.81. The van der Waals surface area contributed by atoms with Gasteiger partial charge in [0.15, 0.2) is 0 Å². The summed E-state index contributed by atoms with van der Waals surface area (Å²) in [4.78, 5) is 24.5. The number of rotatable bonds is 4. The summed E-state index contributed by atoms with van der Waals surface area (Å²) in [7, 11) is 0. The highest BCUT2D eigenvalue weighted by atomic mass is 35.5. The van der Waals surface area contributed by atoms with Crippen molar-refractivity contribution in [2.24, 2.45) is 5.41 Å². The summed E-state index contributed by atoms with van der Waals surface area (Å²) in [6.07, 6.45) is -4.98. The number of nitriles is 1. The number of carbonyl (C=O) groups is 2. The Balaban J connectivity index is 2.24. The van der Waals surface area contributed by atoms with Crippen molar-refractivity contribution in [3.63, 3.8) is 0 Å². The van der Waals surface area contributed by atoms with Crippen LogP contribution in [-0.2, 0) is 19.7 Å². The fourth-order valence-corrected chi connectivity index (χ4v) is 4.97. The maximum absolute atomic E-state index is 13.0. The van der Waals surface area contributed by atoms with Gasteiger partial charge in [-0.25, -0.2) is 9.59 Å². The summed E-state index contributed by atoms with van der Waals surface area (Å²) in [5.41, 5.74) is -0.841. The molecule has 1 aliphatic rings. The summed E-state index contributed by atoms with van der Waals surface area (Å²) in [5.74, 6) is -5.09. The van der Waals surface area contributed by atoms with E-state index in [1.165, 1.54) is 0 Å². The molecule has 0 amide bonds. The minimum Gasteiger partial charge on any atom is -0.385 e. The maximum Gasteiger partial charge on any atom is 0.491 e. The number of hydrogen-bond donors (Lipinski definition) is 1. The number of carbonyl (C=O) groups excluding carboxylic acids is 2. The lowest BCUT2D eigenvalue weighted by Gasteiger charge is -2.37. The van der Waals surface area contributed by atoms with Gasteiger partial charge in [0, 0.05) is 22.0 Å². The quantitative estimate of drug-likeness (QED) is 0.393. The van der Waals surface area contributed by atoms with E-state index in [9.17, 15) is 28.0 Å². The third-order valence-corrected chi connectivity index (χ3v) is 6.45. The van der Waals surface area contributed by atoms with E-state index in [0.717, 1.165) is 0 Å². The zero-order valence-corrected chi connectivity index (χ0v) is 20.6. The average Bonchev–Trinajstić information content (AvgIpc) is 3.07. The number of benzene rings is 2. The first-order valence-electron chi connectivity index (χ1n) is 10.7. The standard InChI is InChI=1S/C25H23Cl2F3N2O3/c1-23(2,3)12-18-24(13-31,15-7-9-16(26)10-8-15)19(14-5-4-6-17(27)11-14)20(32-18)21(33)35-22(34)25(28,29)30/h4-11,18-20,32H,12H2,1-3H3/t18-,19+,20-,24+/m0/s1. The smallest absolute Gasteiger partial charge is 0.385 e. The molecule has 1 saturated heterocycles. The zero-order valence-electron chi connectivity index (χ0n) is 19.1. The minimum atomic E-state index is -5.35. The second kappa shape index (κ2) is 9.81. The molecule has 10 heteroatoms. The summed E-state index contributed by atoms with van der Waals surface area (Å²) >= 11 is 12.3. The van der Waals surface area contributed by atoms with Crippen LogP contribution in [0.25, 0.3) is 0 Å². The fraction of sp³-hybridized carbons (Fsp3) is 0.400. The summed E-state index contributed by atoms with van der Waals surface area (Å²) in [6, 6.07) is 13.1. The third kappa shape index (κ3) is 5.64. The second-order valence-electron chi connectivity index (χ2n) is 9.69. The molecule has 186 valence electrons. The molecule has 0 spiro atoms. The Hall–Kier alpha value is -2.60. The van der Waals surface area contributed by atoms with Gasteiger partial charge in [-0.15, -0.1) is 0 Å². The Morgan fingerprint density at radius 1 is 1.09 bits per heavy atom. The van der Waals surface area contributed by atoms with Crippen LogP contribution in [0.1, 0.15) is 44.2 Å². The Bertz CT molecular complexity index is 1160. The van der Waals surface area contributed by atoms with Crippen LogP contribution in [0.2, 0.25) is 10.0 Å². The predicted octanol–water partition coefficient (Wildman–Crippen LogP) is 5.95. The fourth-order valence-electron chi connectivity index (χ4n) is 4.65. The van der Waals surface area contributed by atoms with E-state index in [1.54, 1.807) is 48.5 Å². The van der Waals surface area contributed by atoms with Gasteiger partial charge in [0.05, 0.1) is 6.07 Å². The molecular weight excluding hydrogens is 504 g/mol. The van der Waals surface area contributed by atoms with Crippen molar-refractivity contribution in [2.45, 2.75) is 56.8 Å².